The van der Waals surface area contributed by atoms with Crippen LogP contribution in [-0.2, 0) is 10.0 Å². The lowest BCUT2D eigenvalue weighted by molar-refractivity contribution is -0.0650. The van der Waals surface area contributed by atoms with Crippen molar-refractivity contribution < 1.29 is 35.9 Å². The van der Waals surface area contributed by atoms with E-state index in [2.05, 4.69) is 25.4 Å². The van der Waals surface area contributed by atoms with Crippen LogP contribution in [0.3, 0.4) is 0 Å². The Morgan fingerprint density at radius 1 is 1.02 bits per heavy atom. The van der Waals surface area contributed by atoms with Crippen LogP contribution in [0.2, 0.25) is 0 Å². The minimum atomic E-state index is -4.37. The Bertz CT molecular complexity index is 1750. The number of likely N-dealkylation sites (tertiary alicyclic amines) is 1. The highest BCUT2D eigenvalue weighted by molar-refractivity contribution is 7.93. The normalized spacial score (nSPS) is 18.9. The summed E-state index contributed by atoms with van der Waals surface area (Å²) in [5, 5.41) is 14.8. The number of hydrogen-bond acceptors (Lipinski definition) is 10. The summed E-state index contributed by atoms with van der Waals surface area (Å²) in [5.41, 5.74) is 2.38. The number of anilines is 3. The van der Waals surface area contributed by atoms with Gasteiger partial charge in [0.2, 0.25) is 0 Å². The summed E-state index contributed by atoms with van der Waals surface area (Å²) in [5.74, 6) is -2.13. The molecule has 2 aromatic carbocycles. The zero-order chi connectivity index (χ0) is 30.5. The Morgan fingerprint density at radius 2 is 1.72 bits per heavy atom. The molecular weight excluding hydrogens is 586 g/mol. The number of H-pyrrole nitrogens is 1. The molecule has 4 aromatic rings. The highest BCUT2D eigenvalue weighted by Gasteiger charge is 2.40. The molecule has 3 N–H and O–H groups in total. The standard InChI is InChI=1S/C28H32F2N6O6S/c1-36-13-17(12-28(29,30)14-36)16-7-23(40-3)26(24(8-16)41-4)43(37,38)35-27-18-9-22(39-2)20(10-21(18)42-34-27)31-25-11-19(32-33-25)15-5-6-15/h7-11,15,17H,5-6,12-14H2,1-4H3,(H,34,35)(H2,31,32,33)/t17-/m1/s1. The number of ether oxygens (including phenoxy) is 3. The van der Waals surface area contributed by atoms with E-state index in [1.54, 1.807) is 24.1 Å². The first-order chi connectivity index (χ1) is 20.5. The molecule has 1 saturated carbocycles. The Kier molecular flexibility index (Phi) is 7.32. The van der Waals surface area contributed by atoms with Gasteiger partial charge in [-0.3, -0.25) is 14.7 Å². The fourth-order valence-corrected chi connectivity index (χ4v) is 6.89. The summed E-state index contributed by atoms with van der Waals surface area (Å²) in [4.78, 5) is 1.24. The molecule has 43 heavy (non-hydrogen) atoms. The molecule has 1 aliphatic heterocycles. The summed E-state index contributed by atoms with van der Waals surface area (Å²) in [6, 6.07) is 8.09. The van der Waals surface area contributed by atoms with Gasteiger partial charge in [-0.15, -0.1) is 0 Å². The van der Waals surface area contributed by atoms with Gasteiger partial charge in [-0.1, -0.05) is 5.16 Å². The molecule has 0 bridgehead atoms. The van der Waals surface area contributed by atoms with Gasteiger partial charge in [0.15, 0.2) is 22.1 Å². The van der Waals surface area contributed by atoms with Crippen LogP contribution in [-0.4, -0.2) is 76.1 Å². The number of benzene rings is 2. The molecule has 15 heteroatoms. The Balaban J connectivity index is 1.31. The van der Waals surface area contributed by atoms with E-state index in [1.165, 1.54) is 33.5 Å². The number of rotatable bonds is 10. The minimum Gasteiger partial charge on any atom is -0.495 e. The molecule has 2 aliphatic rings. The van der Waals surface area contributed by atoms with Crippen LogP contribution in [0.1, 0.15) is 42.4 Å². The molecule has 1 saturated heterocycles. The maximum absolute atomic E-state index is 14.3. The third-order valence-electron chi connectivity index (χ3n) is 7.70. The molecular formula is C28H32F2N6O6S. The summed E-state index contributed by atoms with van der Waals surface area (Å²) < 4.78 is 80.5. The summed E-state index contributed by atoms with van der Waals surface area (Å²) >= 11 is 0. The van der Waals surface area contributed by atoms with Crippen LogP contribution in [0, 0.1) is 0 Å². The number of hydrogen-bond donors (Lipinski definition) is 3. The smallest absolute Gasteiger partial charge is 0.270 e. The molecule has 0 amide bonds. The van der Waals surface area contributed by atoms with Crippen molar-refractivity contribution in [3.8, 4) is 17.2 Å². The second kappa shape index (κ2) is 10.9. The van der Waals surface area contributed by atoms with Gasteiger partial charge in [0.05, 0.1) is 38.9 Å². The topological polar surface area (TPSA) is 144 Å². The van der Waals surface area contributed by atoms with Gasteiger partial charge in [-0.25, -0.2) is 17.2 Å². The van der Waals surface area contributed by atoms with Crippen LogP contribution in [0.15, 0.2) is 39.8 Å². The largest absolute Gasteiger partial charge is 0.495 e. The average Bonchev–Trinajstić information content (AvgIpc) is 3.60. The van der Waals surface area contributed by atoms with Gasteiger partial charge in [0.1, 0.15) is 17.2 Å². The van der Waals surface area contributed by atoms with E-state index in [4.69, 9.17) is 18.7 Å². The molecule has 2 fully saturated rings. The predicted molar refractivity (Wildman–Crippen MR) is 155 cm³/mol. The SMILES string of the molecule is COc1cc2c(NS(=O)(=O)c3c(OC)cc([C@H]4CN(C)CC(F)(F)C4)cc3OC)noc2cc1Nc1cc(C2CC2)[nH]n1. The summed E-state index contributed by atoms with van der Waals surface area (Å²) in [7, 11) is 1.34. The van der Waals surface area contributed by atoms with E-state index < -0.39 is 21.9 Å². The van der Waals surface area contributed by atoms with Crippen LogP contribution in [0.25, 0.3) is 11.0 Å². The molecule has 3 heterocycles. The number of methoxy groups -OCH3 is 3. The maximum atomic E-state index is 14.3. The maximum Gasteiger partial charge on any atom is 0.270 e. The lowest BCUT2D eigenvalue weighted by Crippen LogP contribution is -2.44. The van der Waals surface area contributed by atoms with Gasteiger partial charge >= 0.3 is 0 Å². The van der Waals surface area contributed by atoms with E-state index in [0.29, 0.717) is 40.7 Å². The Labute approximate surface area is 246 Å². The molecule has 0 radical (unpaired) electrons. The van der Waals surface area contributed by atoms with Crippen molar-refractivity contribution in [1.82, 2.24) is 20.3 Å². The molecule has 6 rings (SSSR count). The molecule has 230 valence electrons. The first-order valence-electron chi connectivity index (χ1n) is 13.6. The number of aromatic amines is 1. The molecule has 12 nitrogen and oxygen atoms in total. The van der Waals surface area contributed by atoms with Crippen molar-refractivity contribution in [2.24, 2.45) is 0 Å². The minimum absolute atomic E-state index is 0.0557. The van der Waals surface area contributed by atoms with Crippen LogP contribution < -0.4 is 24.2 Å². The number of likely N-dealkylation sites (N-methyl/N-ethyl adjacent to an activating group) is 1. The number of nitrogens with zero attached hydrogens (tertiary/aromatic N) is 3. The monoisotopic (exact) mass is 618 g/mol. The molecule has 1 aliphatic carbocycles. The van der Waals surface area contributed by atoms with E-state index in [1.807, 2.05) is 6.07 Å². The zero-order valence-corrected chi connectivity index (χ0v) is 24.8. The number of alkyl halides is 2. The van der Waals surface area contributed by atoms with Crippen LogP contribution in [0.4, 0.5) is 26.1 Å². The number of sulfonamides is 1. The van der Waals surface area contributed by atoms with Crippen molar-refractivity contribution >= 4 is 38.3 Å². The number of nitrogens with one attached hydrogen (secondary N) is 3. The number of aromatic nitrogens is 3. The first kappa shape index (κ1) is 29.0. The zero-order valence-electron chi connectivity index (χ0n) is 24.0. The van der Waals surface area contributed by atoms with Gasteiger partial charge in [-0.2, -0.15) is 5.10 Å². The third kappa shape index (κ3) is 5.78. The number of halogens is 2. The quantitative estimate of drug-likeness (QED) is 0.221. The van der Waals surface area contributed by atoms with Crippen LogP contribution >= 0.6 is 0 Å². The molecule has 2 aromatic heterocycles. The van der Waals surface area contributed by atoms with Crippen LogP contribution in [0.5, 0.6) is 17.2 Å². The van der Waals surface area contributed by atoms with Gasteiger partial charge in [-0.05, 0) is 43.7 Å². The predicted octanol–water partition coefficient (Wildman–Crippen LogP) is 5.05. The highest BCUT2D eigenvalue weighted by atomic mass is 32.2. The Hall–Kier alpha value is -4.11. The lowest BCUT2D eigenvalue weighted by atomic mass is 9.88. The van der Waals surface area contributed by atoms with Crippen molar-refractivity contribution in [3.63, 3.8) is 0 Å². The number of piperidine rings is 1. The van der Waals surface area contributed by atoms with E-state index in [9.17, 15) is 17.2 Å². The van der Waals surface area contributed by atoms with Crippen molar-refractivity contribution in [2.75, 3.05) is 51.5 Å². The Morgan fingerprint density at radius 3 is 2.35 bits per heavy atom. The van der Waals surface area contributed by atoms with E-state index in [-0.39, 0.29) is 40.8 Å². The lowest BCUT2D eigenvalue weighted by Gasteiger charge is -2.36. The molecule has 0 unspecified atom stereocenters. The summed E-state index contributed by atoms with van der Waals surface area (Å²) in [6.45, 7) is 0.0319. The average molecular weight is 619 g/mol. The fraction of sp³-hybridized carbons (Fsp3) is 0.429. The van der Waals surface area contributed by atoms with Crippen molar-refractivity contribution in [1.29, 1.82) is 0 Å². The highest BCUT2D eigenvalue weighted by Crippen LogP contribution is 2.43. The van der Waals surface area contributed by atoms with Crippen molar-refractivity contribution in [2.45, 2.75) is 41.9 Å². The molecule has 0 spiro atoms. The van der Waals surface area contributed by atoms with Gasteiger partial charge in [0.25, 0.3) is 15.9 Å². The summed E-state index contributed by atoms with van der Waals surface area (Å²) in [6.07, 6.45) is 1.89. The second-order valence-corrected chi connectivity index (χ2v) is 12.6. The fourth-order valence-electron chi connectivity index (χ4n) is 5.57. The van der Waals surface area contributed by atoms with E-state index in [0.717, 1.165) is 18.5 Å². The first-order valence-corrected chi connectivity index (χ1v) is 15.1. The van der Waals surface area contributed by atoms with E-state index >= 15 is 0 Å². The van der Waals surface area contributed by atoms with Gasteiger partial charge < -0.3 is 24.1 Å². The molecule has 1 atom stereocenters. The number of fused-ring (bicyclic) bond motifs is 1. The second-order valence-electron chi connectivity index (χ2n) is 11.0. The third-order valence-corrected chi connectivity index (χ3v) is 9.10. The van der Waals surface area contributed by atoms with Crippen molar-refractivity contribution in [3.05, 3.63) is 41.6 Å². The van der Waals surface area contributed by atoms with Gasteiger partial charge in [0, 0.05) is 42.6 Å².